The summed E-state index contributed by atoms with van der Waals surface area (Å²) in [5.41, 5.74) is 1.06. The van der Waals surface area contributed by atoms with Crippen LogP contribution in [-0.4, -0.2) is 76.0 Å². The Hall–Kier alpha value is -2.06. The van der Waals surface area contributed by atoms with Crippen molar-refractivity contribution in [1.29, 1.82) is 0 Å². The second-order valence-electron chi connectivity index (χ2n) is 8.77. The molecule has 2 aliphatic heterocycles. The SMILES string of the molecule is CCN(CC)C(=O)C[C@@H]1OC[C@@H]2[C@H]1[C@H](CC(=O)NC1CC1)CN2Cc1cncnc1. The van der Waals surface area contributed by atoms with Gasteiger partial charge in [0.25, 0.3) is 0 Å². The molecular weight excluding hydrogens is 382 g/mol. The largest absolute Gasteiger partial charge is 0.376 e. The molecule has 0 bridgehead atoms. The van der Waals surface area contributed by atoms with Gasteiger partial charge in [0.2, 0.25) is 11.8 Å². The van der Waals surface area contributed by atoms with Crippen molar-refractivity contribution in [3.63, 3.8) is 0 Å². The maximum absolute atomic E-state index is 12.7. The average Bonchev–Trinajstić information content (AvgIpc) is 3.35. The van der Waals surface area contributed by atoms with Crippen LogP contribution < -0.4 is 5.32 Å². The summed E-state index contributed by atoms with van der Waals surface area (Å²) in [4.78, 5) is 37.8. The Morgan fingerprint density at radius 1 is 1.20 bits per heavy atom. The summed E-state index contributed by atoms with van der Waals surface area (Å²) in [5, 5.41) is 3.12. The van der Waals surface area contributed by atoms with Crippen LogP contribution in [0, 0.1) is 11.8 Å². The van der Waals surface area contributed by atoms with E-state index in [-0.39, 0.29) is 35.8 Å². The number of carbonyl (C=O) groups is 2. The fraction of sp³-hybridized carbons (Fsp3) is 0.727. The van der Waals surface area contributed by atoms with Crippen LogP contribution in [0.5, 0.6) is 0 Å². The van der Waals surface area contributed by atoms with Crippen LogP contribution in [0.25, 0.3) is 0 Å². The number of nitrogens with one attached hydrogen (secondary N) is 1. The highest BCUT2D eigenvalue weighted by molar-refractivity contribution is 5.77. The molecular formula is C22H33N5O3. The lowest BCUT2D eigenvalue weighted by atomic mass is 9.84. The Kier molecular flexibility index (Phi) is 6.63. The Morgan fingerprint density at radius 2 is 1.93 bits per heavy atom. The summed E-state index contributed by atoms with van der Waals surface area (Å²) in [6.07, 6.45) is 8.16. The number of carbonyl (C=O) groups excluding carboxylic acids is 2. The molecule has 1 aromatic heterocycles. The molecule has 0 unspecified atom stereocenters. The number of nitrogens with zero attached hydrogens (tertiary/aromatic N) is 4. The number of ether oxygens (including phenoxy) is 1. The third-order valence-corrected chi connectivity index (χ3v) is 6.72. The summed E-state index contributed by atoms with van der Waals surface area (Å²) in [6.45, 7) is 7.61. The first-order valence-corrected chi connectivity index (χ1v) is 11.3. The minimum Gasteiger partial charge on any atom is -0.376 e. The third kappa shape index (κ3) is 4.81. The molecule has 0 radical (unpaired) electrons. The lowest BCUT2D eigenvalue weighted by Crippen LogP contribution is -2.37. The number of aromatic nitrogens is 2. The van der Waals surface area contributed by atoms with E-state index in [9.17, 15) is 9.59 Å². The zero-order valence-corrected chi connectivity index (χ0v) is 18.0. The molecule has 1 N–H and O–H groups in total. The van der Waals surface area contributed by atoms with Gasteiger partial charge in [0, 0.05) is 68.6 Å². The summed E-state index contributed by atoms with van der Waals surface area (Å²) in [5.74, 6) is 0.656. The van der Waals surface area contributed by atoms with E-state index in [1.54, 1.807) is 0 Å². The van der Waals surface area contributed by atoms with E-state index >= 15 is 0 Å². The number of amides is 2. The van der Waals surface area contributed by atoms with Crippen LogP contribution in [0.2, 0.25) is 0 Å². The third-order valence-electron chi connectivity index (χ3n) is 6.72. The fourth-order valence-electron chi connectivity index (χ4n) is 5.07. The molecule has 164 valence electrons. The zero-order valence-electron chi connectivity index (χ0n) is 18.0. The van der Waals surface area contributed by atoms with E-state index in [2.05, 4.69) is 20.2 Å². The van der Waals surface area contributed by atoms with Crippen LogP contribution in [0.3, 0.4) is 0 Å². The minimum atomic E-state index is -0.126. The molecule has 1 aromatic rings. The molecule has 1 aliphatic carbocycles. The smallest absolute Gasteiger partial charge is 0.225 e. The van der Waals surface area contributed by atoms with E-state index in [0.717, 1.165) is 31.5 Å². The van der Waals surface area contributed by atoms with Crippen molar-refractivity contribution < 1.29 is 14.3 Å². The van der Waals surface area contributed by atoms with Crippen LogP contribution >= 0.6 is 0 Å². The van der Waals surface area contributed by atoms with E-state index in [1.165, 1.54) is 6.33 Å². The van der Waals surface area contributed by atoms with Crippen molar-refractivity contribution in [2.24, 2.45) is 11.8 Å². The number of likely N-dealkylation sites (tertiary alicyclic amines) is 1. The predicted molar refractivity (Wildman–Crippen MR) is 111 cm³/mol. The monoisotopic (exact) mass is 415 g/mol. The Labute approximate surface area is 178 Å². The molecule has 3 heterocycles. The lowest BCUT2D eigenvalue weighted by Gasteiger charge is -2.26. The highest BCUT2D eigenvalue weighted by Gasteiger charge is 2.51. The van der Waals surface area contributed by atoms with Gasteiger partial charge in [-0.3, -0.25) is 14.5 Å². The first-order chi connectivity index (χ1) is 14.6. The van der Waals surface area contributed by atoms with E-state index < -0.39 is 0 Å². The number of fused-ring (bicyclic) bond motifs is 1. The summed E-state index contributed by atoms with van der Waals surface area (Å²) in [6, 6.07) is 0.588. The molecule has 8 nitrogen and oxygen atoms in total. The van der Waals surface area contributed by atoms with Gasteiger partial charge >= 0.3 is 0 Å². The summed E-state index contributed by atoms with van der Waals surface area (Å²) in [7, 11) is 0. The molecule has 2 saturated heterocycles. The van der Waals surface area contributed by atoms with Gasteiger partial charge < -0.3 is 15.0 Å². The molecule has 0 spiro atoms. The average molecular weight is 416 g/mol. The molecule has 0 aromatic carbocycles. The standard InChI is InChI=1S/C22H33N5O3/c1-3-26(4-2)21(29)8-19-22-16(7-20(28)25-17-5-6-17)12-27(18(22)13-30-19)11-15-9-23-14-24-10-15/h9-10,14,16-19,22H,3-8,11-13H2,1-2H3,(H,25,28)/t16-,18-,19+,22-/m1/s1. The molecule has 2 amide bonds. The van der Waals surface area contributed by atoms with Crippen molar-refractivity contribution in [3.05, 3.63) is 24.3 Å². The molecule has 3 aliphatic rings. The maximum atomic E-state index is 12.7. The van der Waals surface area contributed by atoms with Gasteiger partial charge in [-0.1, -0.05) is 0 Å². The predicted octanol–water partition coefficient (Wildman–Crippen LogP) is 1.22. The quantitative estimate of drug-likeness (QED) is 0.653. The number of hydrogen-bond donors (Lipinski definition) is 1. The highest BCUT2D eigenvalue weighted by atomic mass is 16.5. The second-order valence-corrected chi connectivity index (χ2v) is 8.77. The van der Waals surface area contributed by atoms with Crippen molar-refractivity contribution in [2.45, 2.75) is 64.3 Å². The van der Waals surface area contributed by atoms with Gasteiger partial charge in [0.15, 0.2) is 0 Å². The van der Waals surface area contributed by atoms with Crippen LogP contribution in [0.15, 0.2) is 18.7 Å². The van der Waals surface area contributed by atoms with Gasteiger partial charge in [-0.05, 0) is 32.6 Å². The van der Waals surface area contributed by atoms with E-state index in [0.29, 0.717) is 38.6 Å². The van der Waals surface area contributed by atoms with Crippen molar-refractivity contribution in [3.8, 4) is 0 Å². The van der Waals surface area contributed by atoms with Gasteiger partial charge in [0.1, 0.15) is 6.33 Å². The van der Waals surface area contributed by atoms with Crippen LogP contribution in [-0.2, 0) is 20.9 Å². The summed E-state index contributed by atoms with van der Waals surface area (Å²) >= 11 is 0. The van der Waals surface area contributed by atoms with Gasteiger partial charge in [0.05, 0.1) is 19.1 Å². The Balaban J connectivity index is 1.46. The molecule has 8 heteroatoms. The van der Waals surface area contributed by atoms with Gasteiger partial charge in [-0.15, -0.1) is 0 Å². The maximum Gasteiger partial charge on any atom is 0.225 e. The molecule has 4 rings (SSSR count). The van der Waals surface area contributed by atoms with Gasteiger partial charge in [-0.2, -0.15) is 0 Å². The first kappa shape index (κ1) is 21.2. The Morgan fingerprint density at radius 3 is 2.60 bits per heavy atom. The lowest BCUT2D eigenvalue weighted by molar-refractivity contribution is -0.133. The fourth-order valence-corrected chi connectivity index (χ4v) is 5.07. The van der Waals surface area contributed by atoms with E-state index in [4.69, 9.17) is 4.74 Å². The zero-order chi connectivity index (χ0) is 21.1. The minimum absolute atomic E-state index is 0.126. The van der Waals surface area contributed by atoms with Crippen LogP contribution in [0.1, 0.15) is 45.1 Å². The normalized spacial score (nSPS) is 28.3. The second kappa shape index (κ2) is 9.39. The van der Waals surface area contributed by atoms with E-state index in [1.807, 2.05) is 31.1 Å². The molecule has 30 heavy (non-hydrogen) atoms. The molecule has 3 fully saturated rings. The first-order valence-electron chi connectivity index (χ1n) is 11.3. The van der Waals surface area contributed by atoms with Crippen molar-refractivity contribution in [2.75, 3.05) is 26.2 Å². The highest BCUT2D eigenvalue weighted by Crippen LogP contribution is 2.42. The van der Waals surface area contributed by atoms with Crippen LogP contribution in [0.4, 0.5) is 0 Å². The number of hydrogen-bond acceptors (Lipinski definition) is 6. The topological polar surface area (TPSA) is 87.7 Å². The van der Waals surface area contributed by atoms with Crippen molar-refractivity contribution in [1.82, 2.24) is 25.1 Å². The van der Waals surface area contributed by atoms with Gasteiger partial charge in [-0.25, -0.2) is 9.97 Å². The molecule has 4 atom stereocenters. The Bertz CT molecular complexity index is 738. The molecule has 1 saturated carbocycles. The number of rotatable bonds is 9. The van der Waals surface area contributed by atoms with Crippen molar-refractivity contribution >= 4 is 11.8 Å². The summed E-state index contributed by atoms with van der Waals surface area (Å²) < 4.78 is 6.15.